The van der Waals surface area contributed by atoms with Crippen molar-refractivity contribution in [3.63, 3.8) is 0 Å². The molecule has 1 aromatic carbocycles. The first-order valence-electron chi connectivity index (χ1n) is 7.58. The lowest BCUT2D eigenvalue weighted by Crippen LogP contribution is -2.49. The fourth-order valence-corrected chi connectivity index (χ4v) is 1.79. The molecule has 25 heavy (non-hydrogen) atoms. The average molecular weight is 346 g/mol. The number of carbonyl (C=O) groups is 3. The summed E-state index contributed by atoms with van der Waals surface area (Å²) in [4.78, 5) is 35.7. The van der Waals surface area contributed by atoms with Crippen molar-refractivity contribution in [1.29, 1.82) is 0 Å². The number of carbonyl (C=O) groups excluding carboxylic acids is 3. The second-order valence-corrected chi connectivity index (χ2v) is 6.15. The third kappa shape index (κ3) is 6.96. The standard InChI is InChI=1S/C18H22N2O5/c1-6-12-7-9-13(10-8-12)15(21)20-14(16(22)24-5)11-19-17(23)25-18(2,3)4/h1,7-10,14H,11H2,2-5H3,(H,19,23)(H,20,21)/t14-/m0/s1. The van der Waals surface area contributed by atoms with Crippen LogP contribution in [0, 0.1) is 12.3 Å². The third-order valence-corrected chi connectivity index (χ3v) is 2.95. The van der Waals surface area contributed by atoms with E-state index in [1.807, 2.05) is 0 Å². The van der Waals surface area contributed by atoms with E-state index in [1.54, 1.807) is 45.0 Å². The lowest BCUT2D eigenvalue weighted by Gasteiger charge is -2.21. The third-order valence-electron chi connectivity index (χ3n) is 2.95. The van der Waals surface area contributed by atoms with Gasteiger partial charge in [0.1, 0.15) is 11.6 Å². The fourth-order valence-electron chi connectivity index (χ4n) is 1.79. The number of methoxy groups -OCH3 is 1. The second kappa shape index (κ2) is 8.73. The molecule has 2 amide bonds. The molecule has 0 unspecified atom stereocenters. The van der Waals surface area contributed by atoms with Crippen molar-refractivity contribution in [1.82, 2.24) is 10.6 Å². The highest BCUT2D eigenvalue weighted by Crippen LogP contribution is 2.07. The fraction of sp³-hybridized carbons (Fsp3) is 0.389. The molecule has 0 aromatic heterocycles. The molecule has 0 fully saturated rings. The van der Waals surface area contributed by atoms with Gasteiger partial charge in [0.25, 0.3) is 5.91 Å². The van der Waals surface area contributed by atoms with Crippen molar-refractivity contribution in [3.8, 4) is 12.3 Å². The summed E-state index contributed by atoms with van der Waals surface area (Å²) in [5.41, 5.74) is 0.283. The molecule has 1 rings (SSSR count). The van der Waals surface area contributed by atoms with Crippen LogP contribution in [0.2, 0.25) is 0 Å². The summed E-state index contributed by atoms with van der Waals surface area (Å²) < 4.78 is 9.73. The maximum absolute atomic E-state index is 12.2. The smallest absolute Gasteiger partial charge is 0.407 e. The highest BCUT2D eigenvalue weighted by atomic mass is 16.6. The molecule has 7 heteroatoms. The average Bonchev–Trinajstić information content (AvgIpc) is 2.56. The topological polar surface area (TPSA) is 93.7 Å². The molecule has 0 aliphatic rings. The van der Waals surface area contributed by atoms with E-state index in [9.17, 15) is 14.4 Å². The van der Waals surface area contributed by atoms with Gasteiger partial charge in [-0.1, -0.05) is 5.92 Å². The zero-order chi connectivity index (χ0) is 19.0. The van der Waals surface area contributed by atoms with E-state index in [4.69, 9.17) is 11.2 Å². The van der Waals surface area contributed by atoms with Gasteiger partial charge in [-0.3, -0.25) is 4.79 Å². The van der Waals surface area contributed by atoms with Gasteiger partial charge in [-0.25, -0.2) is 9.59 Å². The summed E-state index contributed by atoms with van der Waals surface area (Å²) in [6, 6.07) is 5.25. The molecule has 134 valence electrons. The molecule has 2 N–H and O–H groups in total. The number of alkyl carbamates (subject to hydrolysis) is 1. The minimum absolute atomic E-state index is 0.171. The zero-order valence-electron chi connectivity index (χ0n) is 14.7. The molecule has 0 saturated heterocycles. The Morgan fingerprint density at radius 1 is 1.20 bits per heavy atom. The molecule has 0 spiro atoms. The van der Waals surface area contributed by atoms with Crippen molar-refractivity contribution >= 4 is 18.0 Å². The van der Waals surface area contributed by atoms with Crippen LogP contribution >= 0.6 is 0 Å². The SMILES string of the molecule is C#Cc1ccc(C(=O)N[C@@H](CNC(=O)OC(C)(C)C)C(=O)OC)cc1. The van der Waals surface area contributed by atoms with Crippen LogP contribution in [0.5, 0.6) is 0 Å². The van der Waals surface area contributed by atoms with Crippen LogP contribution < -0.4 is 10.6 Å². The molecular formula is C18H22N2O5. The lowest BCUT2D eigenvalue weighted by molar-refractivity contribution is -0.142. The summed E-state index contributed by atoms with van der Waals surface area (Å²) in [5.74, 6) is 1.26. The highest BCUT2D eigenvalue weighted by Gasteiger charge is 2.24. The first kappa shape index (κ1) is 20.0. The van der Waals surface area contributed by atoms with Crippen molar-refractivity contribution in [2.75, 3.05) is 13.7 Å². The second-order valence-electron chi connectivity index (χ2n) is 6.15. The van der Waals surface area contributed by atoms with E-state index in [-0.39, 0.29) is 6.54 Å². The molecule has 0 radical (unpaired) electrons. The van der Waals surface area contributed by atoms with Crippen LogP contribution in [0.15, 0.2) is 24.3 Å². The number of hydrogen-bond donors (Lipinski definition) is 2. The predicted octanol–water partition coefficient (Wildman–Crippen LogP) is 1.46. The first-order chi connectivity index (χ1) is 11.7. The van der Waals surface area contributed by atoms with Gasteiger partial charge < -0.3 is 20.1 Å². The molecule has 1 aromatic rings. The minimum Gasteiger partial charge on any atom is -0.467 e. The van der Waals surface area contributed by atoms with Gasteiger partial charge >= 0.3 is 12.1 Å². The maximum Gasteiger partial charge on any atom is 0.407 e. The monoisotopic (exact) mass is 346 g/mol. The minimum atomic E-state index is -1.06. The Balaban J connectivity index is 2.72. The van der Waals surface area contributed by atoms with Crippen LogP contribution in [0.25, 0.3) is 0 Å². The molecule has 0 heterocycles. The number of rotatable bonds is 5. The summed E-state index contributed by atoms with van der Waals surface area (Å²) in [6.07, 6.45) is 4.56. The number of nitrogens with one attached hydrogen (secondary N) is 2. The van der Waals surface area contributed by atoms with E-state index in [0.717, 1.165) is 0 Å². The molecule has 1 atom stereocenters. The molecule has 0 saturated carbocycles. The zero-order valence-corrected chi connectivity index (χ0v) is 14.7. The van der Waals surface area contributed by atoms with Crippen LogP contribution in [0.4, 0.5) is 4.79 Å². The predicted molar refractivity (Wildman–Crippen MR) is 91.9 cm³/mol. The van der Waals surface area contributed by atoms with E-state index in [0.29, 0.717) is 11.1 Å². The van der Waals surface area contributed by atoms with E-state index in [2.05, 4.69) is 21.3 Å². The lowest BCUT2D eigenvalue weighted by atomic mass is 10.1. The Morgan fingerprint density at radius 2 is 1.80 bits per heavy atom. The van der Waals surface area contributed by atoms with Crippen LogP contribution in [0.3, 0.4) is 0 Å². The molecule has 0 bridgehead atoms. The van der Waals surface area contributed by atoms with Gasteiger partial charge in [0.05, 0.1) is 13.7 Å². The number of terminal acetylenes is 1. The van der Waals surface area contributed by atoms with Gasteiger partial charge in [0.2, 0.25) is 0 Å². The van der Waals surface area contributed by atoms with Gasteiger partial charge in [0.15, 0.2) is 0 Å². The van der Waals surface area contributed by atoms with Crippen molar-refractivity contribution in [2.24, 2.45) is 0 Å². The molecule has 7 nitrogen and oxygen atoms in total. The van der Waals surface area contributed by atoms with Crippen LogP contribution in [-0.4, -0.2) is 43.3 Å². The van der Waals surface area contributed by atoms with E-state index in [1.165, 1.54) is 7.11 Å². The maximum atomic E-state index is 12.2. The quantitative estimate of drug-likeness (QED) is 0.622. The number of benzene rings is 1. The highest BCUT2D eigenvalue weighted by molar-refractivity contribution is 5.97. The Bertz CT molecular complexity index is 668. The number of amides is 2. The van der Waals surface area contributed by atoms with E-state index < -0.39 is 29.6 Å². The Labute approximate surface area is 147 Å². The Morgan fingerprint density at radius 3 is 2.28 bits per heavy atom. The van der Waals surface area contributed by atoms with Gasteiger partial charge in [-0.05, 0) is 45.0 Å². The summed E-state index contributed by atoms with van der Waals surface area (Å²) in [7, 11) is 1.19. The summed E-state index contributed by atoms with van der Waals surface area (Å²) in [6.45, 7) is 4.97. The van der Waals surface area contributed by atoms with Gasteiger partial charge in [-0.15, -0.1) is 6.42 Å². The number of esters is 1. The summed E-state index contributed by atoms with van der Waals surface area (Å²) >= 11 is 0. The van der Waals surface area contributed by atoms with Gasteiger partial charge in [0, 0.05) is 11.1 Å². The van der Waals surface area contributed by atoms with Crippen molar-refractivity contribution in [2.45, 2.75) is 32.4 Å². The summed E-state index contributed by atoms with van der Waals surface area (Å²) in [5, 5.41) is 4.93. The van der Waals surface area contributed by atoms with E-state index >= 15 is 0 Å². The van der Waals surface area contributed by atoms with Crippen molar-refractivity contribution in [3.05, 3.63) is 35.4 Å². The molecule has 0 aliphatic heterocycles. The number of ether oxygens (including phenoxy) is 2. The molecule has 0 aliphatic carbocycles. The van der Waals surface area contributed by atoms with Gasteiger partial charge in [-0.2, -0.15) is 0 Å². The Kier molecular flexibility index (Phi) is 7.00. The normalized spacial score (nSPS) is 11.6. The number of hydrogen-bond acceptors (Lipinski definition) is 5. The van der Waals surface area contributed by atoms with Crippen LogP contribution in [-0.2, 0) is 14.3 Å². The van der Waals surface area contributed by atoms with Crippen molar-refractivity contribution < 1.29 is 23.9 Å². The Hall–Kier alpha value is -3.01. The van der Waals surface area contributed by atoms with Crippen LogP contribution in [0.1, 0.15) is 36.7 Å². The molecular weight excluding hydrogens is 324 g/mol. The first-order valence-corrected chi connectivity index (χ1v) is 7.58. The largest absolute Gasteiger partial charge is 0.467 e.